The number of fused-ring (bicyclic) bond motifs is 12. The summed E-state index contributed by atoms with van der Waals surface area (Å²) in [5, 5.41) is 6.75. The molecule has 4 aromatic carbocycles. The lowest BCUT2D eigenvalue weighted by Crippen LogP contribution is -2.31. The molecule has 16 aromatic rings. The summed E-state index contributed by atoms with van der Waals surface area (Å²) in [5.74, 6) is -4.08. The van der Waals surface area contributed by atoms with Gasteiger partial charge in [-0.15, -0.1) is 0 Å². The lowest BCUT2D eigenvalue weighted by Gasteiger charge is -2.15. The number of rotatable bonds is 8. The number of furan rings is 4. The third-order valence-electron chi connectivity index (χ3n) is 18.4. The molecule has 0 bridgehead atoms. The van der Waals surface area contributed by atoms with E-state index in [9.17, 15) is 0 Å². The highest BCUT2D eigenvalue weighted by Gasteiger charge is 2.27. The Morgan fingerprint density at radius 1 is 0.388 bits per heavy atom. The Labute approximate surface area is 583 Å². The molecule has 0 radical (unpaired) electrons. The molecule has 0 aliphatic carbocycles. The van der Waals surface area contributed by atoms with Crippen LogP contribution >= 0.6 is 0 Å². The van der Waals surface area contributed by atoms with E-state index in [0.717, 1.165) is 139 Å². The van der Waals surface area contributed by atoms with Crippen molar-refractivity contribution in [1.29, 1.82) is 0 Å². The van der Waals surface area contributed by atoms with Gasteiger partial charge < -0.3 is 17.7 Å². The number of aryl methyl sites for hydroxylation is 10. The van der Waals surface area contributed by atoms with Gasteiger partial charge in [0.2, 0.25) is 34.2 Å². The number of para-hydroxylation sites is 1. The summed E-state index contributed by atoms with van der Waals surface area (Å²) in [4.78, 5) is 18.3. The SMILES string of the molecule is [2H]C(C)(C)c1c(-c2cccc[n+]2C)c(C)nc2oc3ccccc3c12.[2H]C(C)(C)c1cc2c(cn1)oc1cc(C)c(-c3ccc(C)c[n+]3C)cc12.[2H]C(C)(C)c1ccc2oc3cc(C)c(-c4cccc[n+]4C)cc3c2n1.[2H]C([2H])([2H])C([2H])(C)c1ccc2c(n1)oc1cc(C)c(-c3ccc(C)c[n+]3C)cc12. The fourth-order valence-electron chi connectivity index (χ4n) is 13.3. The molecule has 0 aliphatic heterocycles. The molecule has 98 heavy (non-hydrogen) atoms. The first-order valence-electron chi connectivity index (χ1n) is 36.6. The molecule has 0 amide bonds. The molecule has 12 aromatic heterocycles. The van der Waals surface area contributed by atoms with Crippen LogP contribution in [0.25, 0.3) is 133 Å². The number of hydrogen-bond donors (Lipinski definition) is 0. The molecule has 16 rings (SSSR count). The van der Waals surface area contributed by atoms with Gasteiger partial charge in [0.1, 0.15) is 56.0 Å². The molecular weight excluding hydrogens is 1210 g/mol. The Morgan fingerprint density at radius 3 is 1.49 bits per heavy atom. The van der Waals surface area contributed by atoms with Gasteiger partial charge in [-0.25, -0.2) is 33.2 Å². The van der Waals surface area contributed by atoms with Crippen molar-refractivity contribution in [1.82, 2.24) is 19.9 Å². The van der Waals surface area contributed by atoms with Crippen LogP contribution in [0.2, 0.25) is 0 Å². The second-order valence-electron chi connectivity index (χ2n) is 26.6. The summed E-state index contributed by atoms with van der Waals surface area (Å²) >= 11 is 0. The van der Waals surface area contributed by atoms with Crippen molar-refractivity contribution in [3.05, 3.63) is 239 Å². The van der Waals surface area contributed by atoms with E-state index in [1.54, 1.807) is 18.3 Å². The Bertz CT molecular complexity index is 6100. The van der Waals surface area contributed by atoms with Crippen molar-refractivity contribution in [3.8, 4) is 45.0 Å². The Hall–Kier alpha value is -10.7. The lowest BCUT2D eigenvalue weighted by atomic mass is 9.90. The summed E-state index contributed by atoms with van der Waals surface area (Å²) in [7, 11) is 8.17. The smallest absolute Gasteiger partial charge is 0.227 e. The highest BCUT2D eigenvalue weighted by atomic mass is 16.3. The number of hydrogen-bond acceptors (Lipinski definition) is 8. The zero-order chi connectivity index (χ0) is 75.3. The Morgan fingerprint density at radius 2 is 0.898 bits per heavy atom. The van der Waals surface area contributed by atoms with Crippen LogP contribution in [0.15, 0.2) is 200 Å². The topological polar surface area (TPSA) is 120 Å². The maximum absolute atomic E-state index is 8.85. The van der Waals surface area contributed by atoms with E-state index in [2.05, 4.69) is 142 Å². The van der Waals surface area contributed by atoms with Crippen LogP contribution in [0.5, 0.6) is 0 Å². The first kappa shape index (κ1) is 57.5. The standard InChI is InChI=1S/2C22H23N2O.2C21H21N2O/c1-13(2)19-8-7-16-18-11-17(20-9-6-14(3)12-24(20)5)15(4)10-21(18)25-22(16)23-19;1-13(2)19-10-18-17-9-16(20-7-6-14(3)12-24(20)5)15(4)8-21(17)25-22(18)11-23-19;1-13(2)18-19(16-10-7-8-12-23(16)4)14(3)22-21-20(18)15-9-5-6-11-17(15)24-21;1-13(2)17-8-9-19-21(22-17)16-12-15(14(3)11-20(16)24-19)18-7-5-6-10-23(18)4/h2*6-13H,1-5H3;2*5-13H,1-4H3/q4*+1/i1D3,13D;3*13D. The quantitative estimate of drug-likeness (QED) is 0.138. The molecule has 0 saturated heterocycles. The maximum atomic E-state index is 8.85. The molecule has 1 unspecified atom stereocenters. The van der Waals surface area contributed by atoms with E-state index in [-0.39, 0.29) is 5.69 Å². The molecule has 12 heteroatoms. The molecule has 0 saturated carbocycles. The van der Waals surface area contributed by atoms with Gasteiger partial charge in [0.05, 0.1) is 22.8 Å². The van der Waals surface area contributed by atoms with Crippen molar-refractivity contribution >= 4 is 88.1 Å². The van der Waals surface area contributed by atoms with E-state index in [1.807, 2.05) is 162 Å². The molecule has 0 fully saturated rings. The minimum absolute atomic E-state index is 0.172. The van der Waals surface area contributed by atoms with Crippen LogP contribution in [0.3, 0.4) is 0 Å². The van der Waals surface area contributed by atoms with E-state index in [1.165, 1.54) is 34.9 Å². The zero-order valence-electron chi connectivity index (χ0n) is 66.0. The number of aromatic nitrogens is 8. The van der Waals surface area contributed by atoms with E-state index >= 15 is 0 Å². The monoisotopic (exact) mass is 1300 g/mol. The fourth-order valence-corrected chi connectivity index (χ4v) is 13.3. The van der Waals surface area contributed by atoms with Gasteiger partial charge in [-0.2, -0.15) is 0 Å². The number of pyridine rings is 8. The third-order valence-corrected chi connectivity index (χ3v) is 18.4. The third kappa shape index (κ3) is 12.6. The minimum Gasteiger partial charge on any atom is -0.454 e. The summed E-state index contributed by atoms with van der Waals surface area (Å²) in [6.07, 6.45) is 10.0. The summed E-state index contributed by atoms with van der Waals surface area (Å²) in [6.45, 7) is 22.5. The number of benzene rings is 4. The van der Waals surface area contributed by atoms with Crippen LogP contribution in [0.1, 0.15) is 145 Å². The van der Waals surface area contributed by atoms with Gasteiger partial charge in [0.15, 0.2) is 36.0 Å². The van der Waals surface area contributed by atoms with Crippen LogP contribution in [-0.4, -0.2) is 19.9 Å². The maximum Gasteiger partial charge on any atom is 0.227 e. The molecule has 1 atom stereocenters. The zero-order valence-corrected chi connectivity index (χ0v) is 59.0. The van der Waals surface area contributed by atoms with Gasteiger partial charge in [0, 0.05) is 123 Å². The van der Waals surface area contributed by atoms with Gasteiger partial charge in [0.25, 0.3) is 0 Å². The van der Waals surface area contributed by atoms with Crippen molar-refractivity contribution < 1.29 is 45.5 Å². The molecule has 0 spiro atoms. The fraction of sp³-hybridized carbons (Fsp3) is 0.256. The summed E-state index contributed by atoms with van der Waals surface area (Å²) in [5.41, 5.74) is 24.8. The predicted molar refractivity (Wildman–Crippen MR) is 397 cm³/mol. The first-order chi connectivity index (χ1) is 49.4. The van der Waals surface area contributed by atoms with Crippen molar-refractivity contribution in [3.63, 3.8) is 0 Å². The highest BCUT2D eigenvalue weighted by Crippen LogP contribution is 2.42. The second-order valence-corrected chi connectivity index (χ2v) is 26.6. The van der Waals surface area contributed by atoms with Gasteiger partial charge in [-0.05, 0) is 184 Å². The highest BCUT2D eigenvalue weighted by molar-refractivity contribution is 6.09. The lowest BCUT2D eigenvalue weighted by molar-refractivity contribution is -0.660. The van der Waals surface area contributed by atoms with Crippen LogP contribution < -0.4 is 18.3 Å². The molecule has 0 N–H and O–H groups in total. The normalized spacial score (nSPS) is 13.8. The molecule has 0 aliphatic rings. The average Bonchev–Trinajstić information content (AvgIpc) is 1.63. The molecular formula is C86H88N8O4+4. The Balaban J connectivity index is 0.000000124. The Kier molecular flexibility index (Phi) is 15.7. The molecule has 492 valence electrons. The van der Waals surface area contributed by atoms with Crippen molar-refractivity contribution in [2.45, 2.75) is 120 Å². The minimum atomic E-state index is -2.48. The van der Waals surface area contributed by atoms with Gasteiger partial charge >= 0.3 is 0 Å². The van der Waals surface area contributed by atoms with Crippen LogP contribution in [0.4, 0.5) is 0 Å². The van der Waals surface area contributed by atoms with Crippen molar-refractivity contribution in [2.24, 2.45) is 28.2 Å². The predicted octanol–water partition coefficient (Wildman–Crippen LogP) is 20.2. The first-order valence-corrected chi connectivity index (χ1v) is 33.1. The van der Waals surface area contributed by atoms with Crippen LogP contribution in [-0.2, 0) is 28.2 Å². The van der Waals surface area contributed by atoms with Gasteiger partial charge in [-0.3, -0.25) is 4.98 Å². The largest absolute Gasteiger partial charge is 0.454 e. The summed E-state index contributed by atoms with van der Waals surface area (Å²) in [6, 6.07) is 50.5. The van der Waals surface area contributed by atoms with Crippen molar-refractivity contribution in [2.75, 3.05) is 0 Å². The van der Waals surface area contributed by atoms with Gasteiger partial charge in [-0.1, -0.05) is 73.5 Å². The molecule has 12 nitrogen and oxygen atoms in total. The van der Waals surface area contributed by atoms with E-state index < -0.39 is 30.4 Å². The number of nitrogens with zero attached hydrogens (tertiary/aromatic N) is 8. The second kappa shape index (κ2) is 26.7. The summed E-state index contributed by atoms with van der Waals surface area (Å²) < 4.78 is 89.0. The molecule has 12 heterocycles. The van der Waals surface area contributed by atoms with Crippen LogP contribution in [0, 0.1) is 41.5 Å². The average molecular weight is 1300 g/mol. The van der Waals surface area contributed by atoms with E-state index in [0.29, 0.717) is 17.0 Å². The van der Waals surface area contributed by atoms with E-state index in [4.69, 9.17) is 37.2 Å².